The van der Waals surface area contributed by atoms with Gasteiger partial charge in [-0.1, -0.05) is 18.2 Å². The van der Waals surface area contributed by atoms with Crippen molar-refractivity contribution in [2.24, 2.45) is 12.8 Å². The number of aryl methyl sites for hydroxylation is 1. The van der Waals surface area contributed by atoms with E-state index in [2.05, 4.69) is 15.6 Å². The summed E-state index contributed by atoms with van der Waals surface area (Å²) in [4.78, 5) is 4.60. The minimum absolute atomic E-state index is 0.630. The van der Waals surface area contributed by atoms with Crippen LogP contribution in [-0.4, -0.2) is 23.2 Å². The molecular formula is C14H19N3O. The lowest BCUT2D eigenvalue weighted by Gasteiger charge is -2.07. The van der Waals surface area contributed by atoms with Crippen LogP contribution in [0.15, 0.2) is 30.5 Å². The summed E-state index contributed by atoms with van der Waals surface area (Å²) in [6.45, 7) is 0.630. The molecule has 0 fully saturated rings. The molecule has 0 aliphatic rings. The van der Waals surface area contributed by atoms with Gasteiger partial charge in [0.1, 0.15) is 11.6 Å². The number of hydrogen-bond acceptors (Lipinski definition) is 3. The summed E-state index contributed by atoms with van der Waals surface area (Å²) in [5.74, 6) is 1.93. The maximum absolute atomic E-state index is 5.55. The molecule has 0 bridgehead atoms. The summed E-state index contributed by atoms with van der Waals surface area (Å²) in [5.41, 5.74) is 7.74. The first-order valence-corrected chi connectivity index (χ1v) is 6.07. The highest BCUT2D eigenvalue weighted by molar-refractivity contribution is 5.35. The molecule has 0 amide bonds. The van der Waals surface area contributed by atoms with E-state index in [4.69, 9.17) is 10.5 Å². The second kappa shape index (κ2) is 5.69. The standard InChI is InChI=1S/C14H19N3O/c1-17-10-12(7-8-15)16-14(17)9-11-5-3-4-6-13(11)18-2/h3-6,10H,7-9,15H2,1-2H3. The van der Waals surface area contributed by atoms with E-state index in [1.165, 1.54) is 0 Å². The van der Waals surface area contributed by atoms with E-state index in [9.17, 15) is 0 Å². The second-order valence-corrected chi connectivity index (χ2v) is 4.29. The quantitative estimate of drug-likeness (QED) is 0.869. The van der Waals surface area contributed by atoms with E-state index in [0.29, 0.717) is 6.54 Å². The van der Waals surface area contributed by atoms with Crippen LogP contribution in [0.4, 0.5) is 0 Å². The van der Waals surface area contributed by atoms with Crippen molar-refractivity contribution < 1.29 is 4.74 Å². The van der Waals surface area contributed by atoms with Crippen LogP contribution in [0.25, 0.3) is 0 Å². The van der Waals surface area contributed by atoms with Crippen LogP contribution >= 0.6 is 0 Å². The topological polar surface area (TPSA) is 53.1 Å². The number of rotatable bonds is 5. The van der Waals surface area contributed by atoms with Gasteiger partial charge in [-0.15, -0.1) is 0 Å². The zero-order valence-corrected chi connectivity index (χ0v) is 10.9. The Bertz CT molecular complexity index is 520. The molecular weight excluding hydrogens is 226 g/mol. The Morgan fingerprint density at radius 1 is 1.33 bits per heavy atom. The lowest BCUT2D eigenvalue weighted by Crippen LogP contribution is -2.03. The van der Waals surface area contributed by atoms with E-state index >= 15 is 0 Å². The molecule has 2 N–H and O–H groups in total. The molecule has 0 saturated carbocycles. The Morgan fingerprint density at radius 3 is 2.83 bits per heavy atom. The zero-order valence-electron chi connectivity index (χ0n) is 10.9. The number of hydrogen-bond donors (Lipinski definition) is 1. The predicted molar refractivity (Wildman–Crippen MR) is 71.8 cm³/mol. The van der Waals surface area contributed by atoms with Gasteiger partial charge in [0, 0.05) is 31.6 Å². The van der Waals surface area contributed by atoms with Gasteiger partial charge in [-0.2, -0.15) is 0 Å². The number of benzene rings is 1. The monoisotopic (exact) mass is 245 g/mol. The highest BCUT2D eigenvalue weighted by Gasteiger charge is 2.08. The van der Waals surface area contributed by atoms with Gasteiger partial charge in [0.25, 0.3) is 0 Å². The Balaban J connectivity index is 2.22. The Hall–Kier alpha value is -1.81. The summed E-state index contributed by atoms with van der Waals surface area (Å²) in [6.07, 6.45) is 3.63. The Morgan fingerprint density at radius 2 is 2.11 bits per heavy atom. The van der Waals surface area contributed by atoms with Crippen LogP contribution in [0.5, 0.6) is 5.75 Å². The van der Waals surface area contributed by atoms with Crippen molar-refractivity contribution in [3.63, 3.8) is 0 Å². The third-order valence-electron chi connectivity index (χ3n) is 2.96. The third-order valence-corrected chi connectivity index (χ3v) is 2.96. The van der Waals surface area contributed by atoms with E-state index in [0.717, 1.165) is 35.7 Å². The van der Waals surface area contributed by atoms with Gasteiger partial charge in [0.2, 0.25) is 0 Å². The number of nitrogens with zero attached hydrogens (tertiary/aromatic N) is 2. The Kier molecular flexibility index (Phi) is 3.99. The summed E-state index contributed by atoms with van der Waals surface area (Å²) in [6, 6.07) is 8.03. The van der Waals surface area contributed by atoms with Crippen molar-refractivity contribution in [2.75, 3.05) is 13.7 Å². The molecule has 2 aromatic rings. The molecule has 18 heavy (non-hydrogen) atoms. The largest absolute Gasteiger partial charge is 0.496 e. The fraction of sp³-hybridized carbons (Fsp3) is 0.357. The van der Waals surface area contributed by atoms with Crippen molar-refractivity contribution in [3.05, 3.63) is 47.5 Å². The summed E-state index contributed by atoms with van der Waals surface area (Å²) in [5, 5.41) is 0. The number of aromatic nitrogens is 2. The number of para-hydroxylation sites is 1. The van der Waals surface area contributed by atoms with Crippen LogP contribution in [0.3, 0.4) is 0 Å². The van der Waals surface area contributed by atoms with E-state index < -0.39 is 0 Å². The molecule has 2 rings (SSSR count). The minimum Gasteiger partial charge on any atom is -0.496 e. The molecule has 0 aliphatic carbocycles. The molecule has 0 atom stereocenters. The lowest BCUT2D eigenvalue weighted by atomic mass is 10.1. The van der Waals surface area contributed by atoms with Gasteiger partial charge in [0.05, 0.1) is 12.8 Å². The van der Waals surface area contributed by atoms with Crippen LogP contribution in [-0.2, 0) is 19.9 Å². The molecule has 1 aromatic heterocycles. The third kappa shape index (κ3) is 2.71. The molecule has 0 aliphatic heterocycles. The van der Waals surface area contributed by atoms with Gasteiger partial charge >= 0.3 is 0 Å². The maximum Gasteiger partial charge on any atom is 0.122 e. The summed E-state index contributed by atoms with van der Waals surface area (Å²) < 4.78 is 7.41. The molecule has 0 unspecified atom stereocenters. The highest BCUT2D eigenvalue weighted by atomic mass is 16.5. The number of imidazole rings is 1. The van der Waals surface area contributed by atoms with Gasteiger partial charge < -0.3 is 15.0 Å². The molecule has 96 valence electrons. The first-order chi connectivity index (χ1) is 8.74. The molecule has 1 heterocycles. The first kappa shape index (κ1) is 12.6. The van der Waals surface area contributed by atoms with Crippen molar-refractivity contribution in [1.29, 1.82) is 0 Å². The second-order valence-electron chi connectivity index (χ2n) is 4.29. The van der Waals surface area contributed by atoms with Crippen LogP contribution in [0, 0.1) is 0 Å². The maximum atomic E-state index is 5.55. The molecule has 0 radical (unpaired) electrons. The smallest absolute Gasteiger partial charge is 0.122 e. The number of methoxy groups -OCH3 is 1. The first-order valence-electron chi connectivity index (χ1n) is 6.07. The average Bonchev–Trinajstić information content (AvgIpc) is 2.71. The SMILES string of the molecule is COc1ccccc1Cc1nc(CCN)cn1C. The van der Waals surface area contributed by atoms with Crippen LogP contribution in [0.1, 0.15) is 17.1 Å². The van der Waals surface area contributed by atoms with Crippen molar-refractivity contribution in [3.8, 4) is 5.75 Å². The van der Waals surface area contributed by atoms with Gasteiger partial charge in [0.15, 0.2) is 0 Å². The summed E-state index contributed by atoms with van der Waals surface area (Å²) >= 11 is 0. The molecule has 4 heteroatoms. The fourth-order valence-corrected chi connectivity index (χ4v) is 2.02. The van der Waals surface area contributed by atoms with Crippen molar-refractivity contribution in [2.45, 2.75) is 12.8 Å². The highest BCUT2D eigenvalue weighted by Crippen LogP contribution is 2.20. The van der Waals surface area contributed by atoms with E-state index in [-0.39, 0.29) is 0 Å². The molecule has 0 spiro atoms. The number of ether oxygens (including phenoxy) is 1. The van der Waals surface area contributed by atoms with Crippen molar-refractivity contribution >= 4 is 0 Å². The average molecular weight is 245 g/mol. The van der Waals surface area contributed by atoms with Gasteiger partial charge in [-0.05, 0) is 12.6 Å². The van der Waals surface area contributed by atoms with Crippen LogP contribution < -0.4 is 10.5 Å². The fourth-order valence-electron chi connectivity index (χ4n) is 2.02. The minimum atomic E-state index is 0.630. The Labute approximate surface area is 107 Å². The molecule has 0 saturated heterocycles. The summed E-state index contributed by atoms with van der Waals surface area (Å²) in [7, 11) is 3.70. The van der Waals surface area contributed by atoms with E-state index in [1.807, 2.05) is 31.4 Å². The normalized spacial score (nSPS) is 10.6. The molecule has 4 nitrogen and oxygen atoms in total. The van der Waals surface area contributed by atoms with Gasteiger partial charge in [-0.3, -0.25) is 0 Å². The predicted octanol–water partition coefficient (Wildman–Crippen LogP) is 1.52. The van der Waals surface area contributed by atoms with Crippen LogP contribution in [0.2, 0.25) is 0 Å². The zero-order chi connectivity index (χ0) is 13.0. The van der Waals surface area contributed by atoms with E-state index in [1.54, 1.807) is 7.11 Å². The van der Waals surface area contributed by atoms with Gasteiger partial charge in [-0.25, -0.2) is 4.98 Å². The lowest BCUT2D eigenvalue weighted by molar-refractivity contribution is 0.410. The van der Waals surface area contributed by atoms with Crippen molar-refractivity contribution in [1.82, 2.24) is 9.55 Å². The number of nitrogens with two attached hydrogens (primary N) is 1. The molecule has 1 aromatic carbocycles.